The van der Waals surface area contributed by atoms with Crippen molar-refractivity contribution in [2.45, 2.75) is 32.4 Å². The van der Waals surface area contributed by atoms with Crippen molar-refractivity contribution >= 4 is 43.1 Å². The lowest BCUT2D eigenvalue weighted by molar-refractivity contribution is -0.140. The SMILES string of the molecule is Cc1c(C(=O)O[C@@H](C)C(=O)N(C)[C@@H]2CCS(=O)(=O)C2)sc2ccccc12. The monoisotopic (exact) mass is 395 g/mol. The topological polar surface area (TPSA) is 80.8 Å². The molecule has 0 bridgehead atoms. The number of hydrogen-bond acceptors (Lipinski definition) is 6. The third-order valence-corrected chi connectivity index (χ3v) is 7.77. The van der Waals surface area contributed by atoms with Crippen molar-refractivity contribution in [1.82, 2.24) is 4.90 Å². The maximum atomic E-state index is 12.5. The van der Waals surface area contributed by atoms with E-state index in [2.05, 4.69) is 0 Å². The average molecular weight is 396 g/mol. The van der Waals surface area contributed by atoms with Gasteiger partial charge in [0.1, 0.15) is 4.88 Å². The summed E-state index contributed by atoms with van der Waals surface area (Å²) in [5.41, 5.74) is 0.838. The molecule has 1 aromatic heterocycles. The van der Waals surface area contributed by atoms with Crippen molar-refractivity contribution in [3.63, 3.8) is 0 Å². The lowest BCUT2D eigenvalue weighted by atomic mass is 10.1. The van der Waals surface area contributed by atoms with Crippen LogP contribution in [0.5, 0.6) is 0 Å². The Morgan fingerprint density at radius 3 is 2.62 bits per heavy atom. The number of hydrogen-bond donors (Lipinski definition) is 0. The van der Waals surface area contributed by atoms with Gasteiger partial charge in [-0.05, 0) is 37.3 Å². The Kier molecular flexibility index (Phi) is 5.07. The minimum absolute atomic E-state index is 0.0364. The number of carbonyl (C=O) groups is 2. The van der Waals surface area contributed by atoms with Crippen LogP contribution in [-0.2, 0) is 19.4 Å². The Balaban J connectivity index is 1.70. The molecule has 1 aliphatic rings. The number of benzene rings is 1. The number of likely N-dealkylation sites (N-methyl/N-ethyl adjacent to an activating group) is 1. The number of amides is 1. The summed E-state index contributed by atoms with van der Waals surface area (Å²) < 4.78 is 29.6. The van der Waals surface area contributed by atoms with Gasteiger partial charge >= 0.3 is 5.97 Å². The summed E-state index contributed by atoms with van der Waals surface area (Å²) in [6.45, 7) is 3.38. The van der Waals surface area contributed by atoms with Gasteiger partial charge < -0.3 is 9.64 Å². The van der Waals surface area contributed by atoms with E-state index in [9.17, 15) is 18.0 Å². The smallest absolute Gasteiger partial charge is 0.349 e. The molecule has 6 nitrogen and oxygen atoms in total. The number of carbonyl (C=O) groups excluding carboxylic acids is 2. The molecule has 0 saturated carbocycles. The molecule has 3 rings (SSSR count). The predicted octanol–water partition coefficient (Wildman–Crippen LogP) is 2.40. The van der Waals surface area contributed by atoms with Gasteiger partial charge in [-0.2, -0.15) is 0 Å². The van der Waals surface area contributed by atoms with E-state index in [0.717, 1.165) is 15.6 Å². The van der Waals surface area contributed by atoms with Crippen LogP contribution in [0, 0.1) is 6.92 Å². The van der Waals surface area contributed by atoms with Crippen molar-refractivity contribution in [1.29, 1.82) is 0 Å². The second-order valence-corrected chi connectivity index (χ2v) is 9.89. The normalized spacial score (nSPS) is 20.0. The fraction of sp³-hybridized carbons (Fsp3) is 0.444. The second kappa shape index (κ2) is 7.00. The number of rotatable bonds is 4. The number of aryl methyl sites for hydroxylation is 1. The summed E-state index contributed by atoms with van der Waals surface area (Å²) in [5, 5.41) is 0.997. The van der Waals surface area contributed by atoms with Crippen LogP contribution < -0.4 is 0 Å². The first-order valence-electron chi connectivity index (χ1n) is 8.36. The molecule has 1 saturated heterocycles. The molecule has 8 heteroatoms. The molecule has 0 N–H and O–H groups in total. The maximum absolute atomic E-state index is 12.5. The van der Waals surface area contributed by atoms with E-state index >= 15 is 0 Å². The molecule has 1 aliphatic heterocycles. The van der Waals surface area contributed by atoms with Crippen LogP contribution in [0.25, 0.3) is 10.1 Å². The van der Waals surface area contributed by atoms with E-state index in [4.69, 9.17) is 4.74 Å². The van der Waals surface area contributed by atoms with Gasteiger partial charge in [0, 0.05) is 17.8 Å². The van der Waals surface area contributed by atoms with Gasteiger partial charge in [0.25, 0.3) is 5.91 Å². The highest BCUT2D eigenvalue weighted by atomic mass is 32.2. The van der Waals surface area contributed by atoms with E-state index < -0.39 is 21.9 Å². The molecule has 0 aliphatic carbocycles. The number of thiophene rings is 1. The van der Waals surface area contributed by atoms with E-state index in [1.54, 1.807) is 7.05 Å². The number of sulfone groups is 1. The highest BCUT2D eigenvalue weighted by Crippen LogP contribution is 2.31. The lowest BCUT2D eigenvalue weighted by Gasteiger charge is -2.26. The number of fused-ring (bicyclic) bond motifs is 1. The molecular weight excluding hydrogens is 374 g/mol. The standard InChI is InChI=1S/C18H21NO5S2/c1-11-14-6-4-5-7-15(14)25-16(11)18(21)24-12(2)17(20)19(3)13-8-9-26(22,23)10-13/h4-7,12-13H,8-10H2,1-3H3/t12-,13+/m0/s1. The molecule has 2 heterocycles. The van der Waals surface area contributed by atoms with Gasteiger partial charge in [0.2, 0.25) is 0 Å². The second-order valence-electron chi connectivity index (χ2n) is 6.61. The van der Waals surface area contributed by atoms with Gasteiger partial charge in [0.15, 0.2) is 15.9 Å². The van der Waals surface area contributed by atoms with Crippen molar-refractivity contribution in [2.24, 2.45) is 0 Å². The fourth-order valence-electron chi connectivity index (χ4n) is 3.18. The molecule has 0 spiro atoms. The maximum Gasteiger partial charge on any atom is 0.349 e. The van der Waals surface area contributed by atoms with Gasteiger partial charge in [-0.15, -0.1) is 11.3 Å². The van der Waals surface area contributed by atoms with Crippen molar-refractivity contribution in [2.75, 3.05) is 18.6 Å². The van der Waals surface area contributed by atoms with Crippen molar-refractivity contribution in [3.8, 4) is 0 Å². The summed E-state index contributed by atoms with van der Waals surface area (Å²) in [6, 6.07) is 7.34. The molecule has 0 unspecified atom stereocenters. The lowest BCUT2D eigenvalue weighted by Crippen LogP contribution is -2.44. The quantitative estimate of drug-likeness (QED) is 0.743. The highest BCUT2D eigenvalue weighted by molar-refractivity contribution is 7.91. The van der Waals surface area contributed by atoms with E-state index in [0.29, 0.717) is 11.3 Å². The van der Waals surface area contributed by atoms with Crippen LogP contribution >= 0.6 is 11.3 Å². The molecular formula is C18H21NO5S2. The van der Waals surface area contributed by atoms with Gasteiger partial charge in [0.05, 0.1) is 11.5 Å². The Bertz CT molecular complexity index is 963. The number of nitrogens with zero attached hydrogens (tertiary/aromatic N) is 1. The van der Waals surface area contributed by atoms with Crippen LogP contribution in [0.1, 0.15) is 28.6 Å². The van der Waals surface area contributed by atoms with E-state index in [1.807, 2.05) is 31.2 Å². The minimum atomic E-state index is -3.09. The van der Waals surface area contributed by atoms with Crippen LogP contribution in [0.4, 0.5) is 0 Å². The molecule has 140 valence electrons. The molecule has 1 amide bonds. The zero-order chi connectivity index (χ0) is 19.1. The zero-order valence-corrected chi connectivity index (χ0v) is 16.5. The Labute approximate surface area is 156 Å². The molecule has 1 fully saturated rings. The molecule has 2 atom stereocenters. The van der Waals surface area contributed by atoms with Crippen molar-refractivity contribution in [3.05, 3.63) is 34.7 Å². The Morgan fingerprint density at radius 1 is 1.31 bits per heavy atom. The van der Waals surface area contributed by atoms with Gasteiger partial charge in [-0.3, -0.25) is 4.79 Å². The first-order chi connectivity index (χ1) is 12.2. The summed E-state index contributed by atoms with van der Waals surface area (Å²) >= 11 is 1.34. The van der Waals surface area contributed by atoms with Crippen LogP contribution in [0.15, 0.2) is 24.3 Å². The molecule has 1 aromatic carbocycles. The van der Waals surface area contributed by atoms with Crippen molar-refractivity contribution < 1.29 is 22.7 Å². The minimum Gasteiger partial charge on any atom is -0.448 e. The highest BCUT2D eigenvalue weighted by Gasteiger charge is 2.35. The summed E-state index contributed by atoms with van der Waals surface area (Å²) in [7, 11) is -1.53. The Morgan fingerprint density at radius 2 is 2.00 bits per heavy atom. The molecule has 0 radical (unpaired) electrons. The third-order valence-electron chi connectivity index (χ3n) is 4.76. The summed E-state index contributed by atoms with van der Waals surface area (Å²) in [5.74, 6) is -0.869. The Hall–Kier alpha value is -1.93. The summed E-state index contributed by atoms with van der Waals surface area (Å²) in [6.07, 6.45) is -0.555. The molecule has 2 aromatic rings. The van der Waals surface area contributed by atoms with Gasteiger partial charge in [-0.25, -0.2) is 13.2 Å². The van der Waals surface area contributed by atoms with Crippen LogP contribution in [0.2, 0.25) is 0 Å². The largest absolute Gasteiger partial charge is 0.448 e. The van der Waals surface area contributed by atoms with Crippen LogP contribution in [0.3, 0.4) is 0 Å². The zero-order valence-electron chi connectivity index (χ0n) is 14.9. The van der Waals surface area contributed by atoms with Gasteiger partial charge in [-0.1, -0.05) is 18.2 Å². The third kappa shape index (κ3) is 3.61. The number of ether oxygens (including phenoxy) is 1. The fourth-order valence-corrected chi connectivity index (χ4v) is 6.05. The van der Waals surface area contributed by atoms with E-state index in [1.165, 1.54) is 23.2 Å². The first-order valence-corrected chi connectivity index (χ1v) is 11.0. The average Bonchev–Trinajstić information content (AvgIpc) is 3.13. The van der Waals surface area contributed by atoms with Crippen LogP contribution in [-0.4, -0.2) is 55.9 Å². The number of esters is 1. The first kappa shape index (κ1) is 18.8. The predicted molar refractivity (Wildman–Crippen MR) is 101 cm³/mol. The van der Waals surface area contributed by atoms with E-state index in [-0.39, 0.29) is 23.5 Å². The summed E-state index contributed by atoms with van der Waals surface area (Å²) in [4.78, 5) is 26.9. The molecule has 26 heavy (non-hydrogen) atoms.